The zero-order valence-electron chi connectivity index (χ0n) is 10.1. The minimum atomic E-state index is 0.767. The Morgan fingerprint density at radius 2 is 2.17 bits per heavy atom. The van der Waals surface area contributed by atoms with Crippen LogP contribution in [0.5, 0.6) is 0 Å². The maximum atomic E-state index is 4.56. The van der Waals surface area contributed by atoms with E-state index in [0.29, 0.717) is 0 Å². The average Bonchev–Trinajstić information content (AvgIpc) is 2.96. The number of hydrogen-bond donors (Lipinski definition) is 2. The van der Waals surface area contributed by atoms with Crippen molar-refractivity contribution in [1.29, 1.82) is 0 Å². The molecule has 18 heavy (non-hydrogen) atoms. The molecule has 3 aromatic rings. The normalized spacial score (nSPS) is 11.2. The van der Waals surface area contributed by atoms with E-state index in [1.54, 1.807) is 11.3 Å². The smallest absolute Gasteiger partial charge is 0.114 e. The standard InChI is InChI=1S/C13H14N4S/c1-14-7-9-8-18-13(15-9)6-12-16-10-4-2-3-5-11(10)17-12/h2-5,8,14H,6-7H2,1H3,(H,16,17). The van der Waals surface area contributed by atoms with Crippen LogP contribution >= 0.6 is 11.3 Å². The number of aromatic nitrogens is 3. The second-order valence-electron chi connectivity index (χ2n) is 4.14. The summed E-state index contributed by atoms with van der Waals surface area (Å²) in [6.45, 7) is 0.816. The number of nitrogens with zero attached hydrogens (tertiary/aromatic N) is 2. The van der Waals surface area contributed by atoms with Crippen molar-refractivity contribution in [3.8, 4) is 0 Å². The van der Waals surface area contributed by atoms with Crippen LogP contribution in [0.3, 0.4) is 0 Å². The fourth-order valence-electron chi connectivity index (χ4n) is 1.93. The van der Waals surface area contributed by atoms with Gasteiger partial charge in [-0.1, -0.05) is 12.1 Å². The van der Waals surface area contributed by atoms with E-state index in [0.717, 1.165) is 40.5 Å². The molecule has 1 aromatic carbocycles. The summed E-state index contributed by atoms with van der Waals surface area (Å²) in [4.78, 5) is 12.4. The first-order valence-electron chi connectivity index (χ1n) is 5.86. The monoisotopic (exact) mass is 258 g/mol. The van der Waals surface area contributed by atoms with Crippen LogP contribution in [0, 0.1) is 0 Å². The van der Waals surface area contributed by atoms with E-state index in [4.69, 9.17) is 0 Å². The number of rotatable bonds is 4. The van der Waals surface area contributed by atoms with Crippen molar-refractivity contribution < 1.29 is 0 Å². The van der Waals surface area contributed by atoms with Crippen LogP contribution < -0.4 is 5.32 Å². The summed E-state index contributed by atoms with van der Waals surface area (Å²) in [7, 11) is 1.93. The molecule has 0 aliphatic carbocycles. The summed E-state index contributed by atoms with van der Waals surface area (Å²) in [6, 6.07) is 8.07. The predicted molar refractivity (Wildman–Crippen MR) is 73.8 cm³/mol. The summed E-state index contributed by atoms with van der Waals surface area (Å²) >= 11 is 1.68. The Bertz CT molecular complexity index is 623. The lowest BCUT2D eigenvalue weighted by Crippen LogP contribution is -2.05. The van der Waals surface area contributed by atoms with Gasteiger partial charge >= 0.3 is 0 Å². The van der Waals surface area contributed by atoms with E-state index in [9.17, 15) is 0 Å². The van der Waals surface area contributed by atoms with Crippen molar-refractivity contribution in [2.75, 3.05) is 7.05 Å². The maximum Gasteiger partial charge on any atom is 0.114 e. The highest BCUT2D eigenvalue weighted by Gasteiger charge is 2.06. The molecule has 0 bridgehead atoms. The molecule has 2 aromatic heterocycles. The van der Waals surface area contributed by atoms with Crippen molar-refractivity contribution in [2.24, 2.45) is 0 Å². The van der Waals surface area contributed by atoms with Gasteiger partial charge in [0.25, 0.3) is 0 Å². The van der Waals surface area contributed by atoms with E-state index >= 15 is 0 Å². The molecular weight excluding hydrogens is 244 g/mol. The third-order valence-electron chi connectivity index (χ3n) is 2.71. The van der Waals surface area contributed by atoms with Gasteiger partial charge in [-0.05, 0) is 19.2 Å². The molecule has 0 aliphatic heterocycles. The summed E-state index contributed by atoms with van der Waals surface area (Å²) in [5, 5.41) is 6.29. The molecule has 0 aliphatic rings. The Hall–Kier alpha value is -1.72. The van der Waals surface area contributed by atoms with E-state index in [2.05, 4.69) is 25.6 Å². The summed E-state index contributed by atoms with van der Waals surface area (Å²) in [5.74, 6) is 0.974. The highest BCUT2D eigenvalue weighted by molar-refractivity contribution is 7.09. The summed E-state index contributed by atoms with van der Waals surface area (Å²) in [5.41, 5.74) is 3.19. The Balaban J connectivity index is 1.82. The number of hydrogen-bond acceptors (Lipinski definition) is 4. The van der Waals surface area contributed by atoms with Crippen LogP contribution in [-0.2, 0) is 13.0 Å². The van der Waals surface area contributed by atoms with Gasteiger partial charge in [-0.15, -0.1) is 11.3 Å². The van der Waals surface area contributed by atoms with Gasteiger partial charge in [-0.2, -0.15) is 0 Å². The second-order valence-corrected chi connectivity index (χ2v) is 5.08. The minimum Gasteiger partial charge on any atom is -0.342 e. The Morgan fingerprint density at radius 3 is 3.00 bits per heavy atom. The van der Waals surface area contributed by atoms with Crippen molar-refractivity contribution in [1.82, 2.24) is 20.3 Å². The molecule has 0 saturated heterocycles. The molecule has 5 heteroatoms. The lowest BCUT2D eigenvalue weighted by atomic mass is 10.3. The number of imidazole rings is 1. The fraction of sp³-hybridized carbons (Fsp3) is 0.231. The largest absolute Gasteiger partial charge is 0.342 e. The third-order valence-corrected chi connectivity index (χ3v) is 3.61. The molecule has 0 unspecified atom stereocenters. The summed E-state index contributed by atoms with van der Waals surface area (Å²) < 4.78 is 0. The van der Waals surface area contributed by atoms with Gasteiger partial charge in [0.05, 0.1) is 23.1 Å². The first-order chi connectivity index (χ1) is 8.85. The number of nitrogens with one attached hydrogen (secondary N) is 2. The quantitative estimate of drug-likeness (QED) is 0.755. The van der Waals surface area contributed by atoms with Gasteiger partial charge in [-0.25, -0.2) is 9.97 Å². The molecule has 0 radical (unpaired) electrons. The average molecular weight is 258 g/mol. The number of aromatic amines is 1. The minimum absolute atomic E-state index is 0.767. The molecule has 0 spiro atoms. The molecule has 2 N–H and O–H groups in total. The van der Waals surface area contributed by atoms with E-state index in [1.165, 1.54) is 0 Å². The zero-order chi connectivity index (χ0) is 12.4. The van der Waals surface area contributed by atoms with Crippen molar-refractivity contribution in [3.63, 3.8) is 0 Å². The van der Waals surface area contributed by atoms with Crippen LogP contribution in [0.2, 0.25) is 0 Å². The molecule has 92 valence electrons. The number of thiazole rings is 1. The molecule has 0 fully saturated rings. The Morgan fingerprint density at radius 1 is 1.28 bits per heavy atom. The molecule has 3 rings (SSSR count). The lowest BCUT2D eigenvalue weighted by molar-refractivity contribution is 0.792. The van der Waals surface area contributed by atoms with E-state index < -0.39 is 0 Å². The second kappa shape index (κ2) is 4.88. The zero-order valence-corrected chi connectivity index (χ0v) is 10.9. The van der Waals surface area contributed by atoms with Crippen LogP contribution in [-0.4, -0.2) is 22.0 Å². The van der Waals surface area contributed by atoms with Crippen molar-refractivity contribution in [3.05, 3.63) is 46.2 Å². The predicted octanol–water partition coefficient (Wildman–Crippen LogP) is 2.33. The summed E-state index contributed by atoms with van der Waals surface area (Å²) in [6.07, 6.45) is 0.767. The number of H-pyrrole nitrogens is 1. The van der Waals surface area contributed by atoms with Crippen molar-refractivity contribution >= 4 is 22.4 Å². The number of fused-ring (bicyclic) bond motifs is 1. The molecule has 0 amide bonds. The molecule has 4 nitrogen and oxygen atoms in total. The van der Waals surface area contributed by atoms with Gasteiger partial charge in [0, 0.05) is 11.9 Å². The van der Waals surface area contributed by atoms with Crippen LogP contribution in [0.15, 0.2) is 29.6 Å². The van der Waals surface area contributed by atoms with Crippen LogP contribution in [0.1, 0.15) is 16.5 Å². The van der Waals surface area contributed by atoms with Gasteiger partial charge in [0.15, 0.2) is 0 Å². The fourth-order valence-corrected chi connectivity index (χ4v) is 2.72. The molecule has 0 atom stereocenters. The Labute approximate surface area is 109 Å². The maximum absolute atomic E-state index is 4.56. The lowest BCUT2D eigenvalue weighted by Gasteiger charge is -1.92. The molecular formula is C13H14N4S. The highest BCUT2D eigenvalue weighted by atomic mass is 32.1. The first-order valence-corrected chi connectivity index (χ1v) is 6.74. The van der Waals surface area contributed by atoms with Crippen LogP contribution in [0.4, 0.5) is 0 Å². The molecule has 2 heterocycles. The van der Waals surface area contributed by atoms with Gasteiger partial charge < -0.3 is 10.3 Å². The third kappa shape index (κ3) is 2.27. The Kier molecular flexibility index (Phi) is 3.08. The van der Waals surface area contributed by atoms with Crippen molar-refractivity contribution in [2.45, 2.75) is 13.0 Å². The SMILES string of the molecule is CNCc1csc(Cc2nc3ccccc3[nH]2)n1. The number of benzene rings is 1. The number of para-hydroxylation sites is 2. The van der Waals surface area contributed by atoms with E-state index in [-0.39, 0.29) is 0 Å². The van der Waals surface area contributed by atoms with Gasteiger partial charge in [0.2, 0.25) is 0 Å². The van der Waals surface area contributed by atoms with Gasteiger partial charge in [0.1, 0.15) is 10.8 Å². The van der Waals surface area contributed by atoms with Crippen LogP contribution in [0.25, 0.3) is 11.0 Å². The molecule has 0 saturated carbocycles. The van der Waals surface area contributed by atoms with E-state index in [1.807, 2.05) is 31.3 Å². The highest BCUT2D eigenvalue weighted by Crippen LogP contribution is 2.16. The first kappa shape index (κ1) is 11.4. The topological polar surface area (TPSA) is 53.6 Å². The van der Waals surface area contributed by atoms with Gasteiger partial charge in [-0.3, -0.25) is 0 Å².